The standard InChI is InChI=1S/C19H25FN2O3/c1-12-11-15(12)19(24)21-9-8-17(23)22-18(16-3-2-10-25-16)13-4-6-14(20)7-5-13/h4-7,12,15-16,18H,2-3,8-11H2,1H3,(H,21,24)(H,22,23)/t12-,15+,16+,18+/m1/s1. The van der Waals surface area contributed by atoms with Crippen molar-refractivity contribution in [3.8, 4) is 0 Å². The summed E-state index contributed by atoms with van der Waals surface area (Å²) in [6.45, 7) is 3.05. The third-order valence-corrected chi connectivity index (χ3v) is 4.98. The van der Waals surface area contributed by atoms with Crippen molar-refractivity contribution in [3.05, 3.63) is 35.6 Å². The van der Waals surface area contributed by atoms with E-state index in [-0.39, 0.29) is 42.1 Å². The van der Waals surface area contributed by atoms with Gasteiger partial charge in [-0.05, 0) is 42.9 Å². The van der Waals surface area contributed by atoms with Gasteiger partial charge < -0.3 is 15.4 Å². The number of hydrogen-bond acceptors (Lipinski definition) is 3. The highest BCUT2D eigenvalue weighted by Crippen LogP contribution is 2.37. The maximum atomic E-state index is 13.2. The first-order valence-electron chi connectivity index (χ1n) is 8.98. The van der Waals surface area contributed by atoms with Gasteiger partial charge >= 0.3 is 0 Å². The second kappa shape index (κ2) is 7.95. The predicted octanol–water partition coefficient (Wildman–Crippen LogP) is 2.32. The minimum Gasteiger partial charge on any atom is -0.376 e. The largest absolute Gasteiger partial charge is 0.376 e. The van der Waals surface area contributed by atoms with E-state index in [1.807, 2.05) is 6.92 Å². The van der Waals surface area contributed by atoms with Crippen LogP contribution in [0.5, 0.6) is 0 Å². The van der Waals surface area contributed by atoms with E-state index < -0.39 is 0 Å². The summed E-state index contributed by atoms with van der Waals surface area (Å²) in [5.74, 6) is 0.153. The maximum absolute atomic E-state index is 13.2. The second-order valence-electron chi connectivity index (χ2n) is 7.01. The van der Waals surface area contributed by atoms with Crippen molar-refractivity contribution in [1.29, 1.82) is 0 Å². The third-order valence-electron chi connectivity index (χ3n) is 4.98. The zero-order chi connectivity index (χ0) is 17.8. The van der Waals surface area contributed by atoms with Gasteiger partial charge in [-0.15, -0.1) is 0 Å². The molecule has 0 radical (unpaired) electrons. The molecule has 4 atom stereocenters. The van der Waals surface area contributed by atoms with E-state index in [1.54, 1.807) is 12.1 Å². The number of hydrogen-bond donors (Lipinski definition) is 2. The fourth-order valence-electron chi connectivity index (χ4n) is 3.29. The lowest BCUT2D eigenvalue weighted by atomic mass is 9.99. The van der Waals surface area contributed by atoms with Gasteiger partial charge in [0.2, 0.25) is 11.8 Å². The Morgan fingerprint density at radius 3 is 2.64 bits per heavy atom. The number of ether oxygens (including phenoxy) is 1. The van der Waals surface area contributed by atoms with Crippen LogP contribution in [0.4, 0.5) is 4.39 Å². The molecule has 2 fully saturated rings. The van der Waals surface area contributed by atoms with Crippen LogP contribution in [-0.2, 0) is 14.3 Å². The van der Waals surface area contributed by atoms with Crippen LogP contribution in [-0.4, -0.2) is 31.1 Å². The van der Waals surface area contributed by atoms with Crippen molar-refractivity contribution < 1.29 is 18.7 Å². The monoisotopic (exact) mass is 348 g/mol. The highest BCUT2D eigenvalue weighted by molar-refractivity contribution is 5.82. The predicted molar refractivity (Wildman–Crippen MR) is 91.2 cm³/mol. The van der Waals surface area contributed by atoms with Gasteiger partial charge in [-0.25, -0.2) is 4.39 Å². The molecule has 0 unspecified atom stereocenters. The van der Waals surface area contributed by atoms with E-state index >= 15 is 0 Å². The minimum atomic E-state index is -0.307. The first-order chi connectivity index (χ1) is 12.0. The molecule has 1 aromatic rings. The lowest BCUT2D eigenvalue weighted by molar-refractivity contribution is -0.124. The zero-order valence-corrected chi connectivity index (χ0v) is 14.5. The number of carbonyl (C=O) groups excluding carboxylic acids is 2. The van der Waals surface area contributed by atoms with Crippen molar-refractivity contribution in [3.63, 3.8) is 0 Å². The van der Waals surface area contributed by atoms with Crippen LogP contribution >= 0.6 is 0 Å². The van der Waals surface area contributed by atoms with Crippen LogP contribution in [0.15, 0.2) is 24.3 Å². The van der Waals surface area contributed by atoms with Crippen LogP contribution in [0.3, 0.4) is 0 Å². The summed E-state index contributed by atoms with van der Waals surface area (Å²) in [6, 6.07) is 5.84. The highest BCUT2D eigenvalue weighted by atomic mass is 19.1. The Morgan fingerprint density at radius 1 is 1.32 bits per heavy atom. The van der Waals surface area contributed by atoms with E-state index in [2.05, 4.69) is 10.6 Å². The summed E-state index contributed by atoms with van der Waals surface area (Å²) in [7, 11) is 0. The van der Waals surface area contributed by atoms with Gasteiger partial charge in [0, 0.05) is 25.5 Å². The van der Waals surface area contributed by atoms with Crippen LogP contribution in [0.25, 0.3) is 0 Å². The quantitative estimate of drug-likeness (QED) is 0.795. The highest BCUT2D eigenvalue weighted by Gasteiger charge is 2.38. The van der Waals surface area contributed by atoms with Crippen molar-refractivity contribution in [2.75, 3.05) is 13.2 Å². The fourth-order valence-corrected chi connectivity index (χ4v) is 3.29. The summed E-state index contributed by atoms with van der Waals surface area (Å²) < 4.78 is 18.9. The topological polar surface area (TPSA) is 67.4 Å². The molecule has 2 N–H and O–H groups in total. The fraction of sp³-hybridized carbons (Fsp3) is 0.579. The Kier molecular flexibility index (Phi) is 5.68. The summed E-state index contributed by atoms with van der Waals surface area (Å²) >= 11 is 0. The van der Waals surface area contributed by atoms with Gasteiger partial charge in [0.25, 0.3) is 0 Å². The number of rotatable bonds is 7. The van der Waals surface area contributed by atoms with Crippen LogP contribution < -0.4 is 10.6 Å². The smallest absolute Gasteiger partial charge is 0.223 e. The molecule has 136 valence electrons. The van der Waals surface area contributed by atoms with Crippen molar-refractivity contribution >= 4 is 11.8 Å². The Hall–Kier alpha value is -1.95. The molecule has 5 nitrogen and oxygen atoms in total. The molecule has 0 bridgehead atoms. The summed E-state index contributed by atoms with van der Waals surface area (Å²) in [5.41, 5.74) is 0.831. The van der Waals surface area contributed by atoms with Gasteiger partial charge in [-0.3, -0.25) is 9.59 Å². The summed E-state index contributed by atoms with van der Waals surface area (Å²) in [5, 5.41) is 5.80. The second-order valence-corrected chi connectivity index (χ2v) is 7.01. The first-order valence-corrected chi connectivity index (χ1v) is 8.98. The van der Waals surface area contributed by atoms with Gasteiger partial charge in [-0.1, -0.05) is 19.1 Å². The molecule has 0 spiro atoms. The first kappa shape index (κ1) is 17.9. The molecule has 6 heteroatoms. The number of carbonyl (C=O) groups is 2. The minimum absolute atomic E-state index is 0.0366. The normalized spacial score (nSPS) is 26.1. The van der Waals surface area contributed by atoms with Crippen LogP contribution in [0.2, 0.25) is 0 Å². The molecule has 2 aliphatic rings. The molecule has 1 aliphatic heterocycles. The molecule has 1 aromatic carbocycles. The molecular weight excluding hydrogens is 323 g/mol. The van der Waals surface area contributed by atoms with Crippen molar-refractivity contribution in [2.24, 2.45) is 11.8 Å². The number of nitrogens with one attached hydrogen (secondary N) is 2. The molecule has 2 amide bonds. The summed E-state index contributed by atoms with van der Waals surface area (Å²) in [4.78, 5) is 24.1. The number of amides is 2. The molecule has 1 heterocycles. The average molecular weight is 348 g/mol. The Morgan fingerprint density at radius 2 is 2.04 bits per heavy atom. The number of halogens is 1. The molecular formula is C19H25FN2O3. The lowest BCUT2D eigenvalue weighted by Crippen LogP contribution is -2.38. The van der Waals surface area contributed by atoms with E-state index in [9.17, 15) is 14.0 Å². The van der Waals surface area contributed by atoms with E-state index in [0.29, 0.717) is 19.1 Å². The maximum Gasteiger partial charge on any atom is 0.223 e. The zero-order valence-electron chi connectivity index (χ0n) is 14.5. The third kappa shape index (κ3) is 4.78. The van der Waals surface area contributed by atoms with E-state index in [4.69, 9.17) is 4.74 Å². The average Bonchev–Trinajstić information content (AvgIpc) is 3.09. The summed E-state index contributed by atoms with van der Waals surface area (Å²) in [6.07, 6.45) is 2.87. The molecule has 1 saturated heterocycles. The lowest BCUT2D eigenvalue weighted by Gasteiger charge is -2.25. The van der Waals surface area contributed by atoms with Crippen molar-refractivity contribution in [1.82, 2.24) is 10.6 Å². The molecule has 1 aliphatic carbocycles. The Labute approximate surface area is 147 Å². The SMILES string of the molecule is C[C@@H]1C[C@@H]1C(=O)NCCC(=O)N[C@@H](c1ccc(F)cc1)[C@@H]1CCCO1. The molecule has 1 saturated carbocycles. The van der Waals surface area contributed by atoms with Gasteiger partial charge in [0.05, 0.1) is 12.1 Å². The van der Waals surface area contributed by atoms with E-state index in [0.717, 1.165) is 24.8 Å². The Bertz CT molecular complexity index is 614. The van der Waals surface area contributed by atoms with Gasteiger partial charge in [0.1, 0.15) is 5.82 Å². The molecule has 25 heavy (non-hydrogen) atoms. The van der Waals surface area contributed by atoms with Crippen molar-refractivity contribution in [2.45, 2.75) is 44.8 Å². The molecule has 3 rings (SSSR count). The van der Waals surface area contributed by atoms with Gasteiger partial charge in [-0.2, -0.15) is 0 Å². The van der Waals surface area contributed by atoms with Gasteiger partial charge in [0.15, 0.2) is 0 Å². The number of benzene rings is 1. The molecule has 0 aromatic heterocycles. The van der Waals surface area contributed by atoms with Crippen LogP contribution in [0.1, 0.15) is 44.2 Å². The van der Waals surface area contributed by atoms with Crippen LogP contribution in [0, 0.1) is 17.7 Å². The van der Waals surface area contributed by atoms with E-state index in [1.165, 1.54) is 12.1 Å². The Balaban J connectivity index is 1.53.